The van der Waals surface area contributed by atoms with Gasteiger partial charge < -0.3 is 5.73 Å². The Hall–Kier alpha value is -1.11. The highest BCUT2D eigenvalue weighted by Gasteiger charge is 2.31. The smallest absolute Gasteiger partial charge is 0.280 e. The Morgan fingerprint density at radius 3 is 2.86 bits per heavy atom. The van der Waals surface area contributed by atoms with Crippen LogP contribution in [0.5, 0.6) is 0 Å². The van der Waals surface area contributed by atoms with Crippen LogP contribution in [-0.2, 0) is 16.6 Å². The van der Waals surface area contributed by atoms with Crippen LogP contribution < -0.4 is 10.5 Å². The molecule has 5 nitrogen and oxygen atoms in total. The highest BCUT2D eigenvalue weighted by atomic mass is 32.2. The Bertz CT molecular complexity index is 645. The summed E-state index contributed by atoms with van der Waals surface area (Å²) in [6, 6.07) is 5.66. The van der Waals surface area contributed by atoms with Crippen LogP contribution in [0, 0.1) is 5.92 Å². The molecule has 2 atom stereocenters. The minimum Gasteiger partial charge on any atom is -0.399 e. The number of nitrogens with two attached hydrogens (primary N) is 1. The summed E-state index contributed by atoms with van der Waals surface area (Å²) < 4.78 is 29.9. The number of nitrogen functional groups attached to an aromatic ring is 1. The third kappa shape index (κ3) is 3.29. The van der Waals surface area contributed by atoms with Crippen LogP contribution in [0.3, 0.4) is 0 Å². The van der Waals surface area contributed by atoms with E-state index < -0.39 is 10.2 Å². The molecule has 1 aromatic carbocycles. The van der Waals surface area contributed by atoms with Gasteiger partial charge in [-0.25, -0.2) is 0 Å². The number of hydrogen-bond acceptors (Lipinski definition) is 3. The van der Waals surface area contributed by atoms with Gasteiger partial charge in [-0.15, -0.1) is 0 Å². The van der Waals surface area contributed by atoms with Gasteiger partial charge in [0.05, 0.1) is 0 Å². The lowest BCUT2D eigenvalue weighted by molar-refractivity contribution is 0.276. The first-order valence-electron chi connectivity index (χ1n) is 8.11. The van der Waals surface area contributed by atoms with E-state index in [4.69, 9.17) is 5.73 Å². The summed E-state index contributed by atoms with van der Waals surface area (Å²) >= 11 is 0. The zero-order valence-electron chi connectivity index (χ0n) is 13.1. The molecular formula is C16H25N3O2S. The molecule has 0 bridgehead atoms. The summed E-state index contributed by atoms with van der Waals surface area (Å²) in [6.07, 6.45) is 4.86. The zero-order chi connectivity index (χ0) is 15.7. The van der Waals surface area contributed by atoms with Crippen LogP contribution in [0.2, 0.25) is 0 Å². The van der Waals surface area contributed by atoms with Crippen LogP contribution in [0.4, 0.5) is 5.69 Å². The predicted molar refractivity (Wildman–Crippen MR) is 88.6 cm³/mol. The van der Waals surface area contributed by atoms with E-state index >= 15 is 0 Å². The molecule has 6 heteroatoms. The largest absolute Gasteiger partial charge is 0.399 e. The third-order valence-electron chi connectivity index (χ3n) is 4.73. The van der Waals surface area contributed by atoms with E-state index in [0.717, 1.165) is 43.4 Å². The second kappa shape index (κ2) is 6.18. The molecule has 0 saturated carbocycles. The number of anilines is 1. The summed E-state index contributed by atoms with van der Waals surface area (Å²) in [6.45, 7) is 3.36. The summed E-state index contributed by atoms with van der Waals surface area (Å²) in [5.74, 6) is 0.434. The van der Waals surface area contributed by atoms with Crippen LogP contribution >= 0.6 is 0 Å². The number of hydrogen-bond donors (Lipinski definition) is 2. The topological polar surface area (TPSA) is 75.4 Å². The van der Waals surface area contributed by atoms with Crippen molar-refractivity contribution in [3.8, 4) is 0 Å². The van der Waals surface area contributed by atoms with E-state index in [9.17, 15) is 8.42 Å². The molecule has 0 amide bonds. The van der Waals surface area contributed by atoms with Crippen LogP contribution in [0.15, 0.2) is 18.2 Å². The normalized spacial score (nSPS) is 26.6. The lowest BCUT2D eigenvalue weighted by Crippen LogP contribution is -2.47. The molecule has 1 fully saturated rings. The van der Waals surface area contributed by atoms with E-state index in [1.54, 1.807) is 4.31 Å². The second-order valence-electron chi connectivity index (χ2n) is 6.63. The van der Waals surface area contributed by atoms with Gasteiger partial charge in [0, 0.05) is 24.8 Å². The Labute approximate surface area is 133 Å². The van der Waals surface area contributed by atoms with Crippen molar-refractivity contribution < 1.29 is 8.42 Å². The van der Waals surface area contributed by atoms with Crippen molar-refractivity contribution in [1.29, 1.82) is 0 Å². The highest BCUT2D eigenvalue weighted by Crippen LogP contribution is 2.32. The SMILES string of the molecule is CC1CCCN(S(=O)(=O)NC2CCCc3cc(N)ccc32)C1. The number of fused-ring (bicyclic) bond motifs is 1. The molecule has 2 aliphatic rings. The quantitative estimate of drug-likeness (QED) is 0.838. The van der Waals surface area contributed by atoms with Gasteiger partial charge in [-0.1, -0.05) is 13.0 Å². The van der Waals surface area contributed by atoms with Gasteiger partial charge in [0.2, 0.25) is 0 Å². The maximum Gasteiger partial charge on any atom is 0.280 e. The first-order chi connectivity index (χ1) is 10.5. The van der Waals surface area contributed by atoms with Crippen molar-refractivity contribution in [1.82, 2.24) is 9.03 Å². The monoisotopic (exact) mass is 323 g/mol. The zero-order valence-corrected chi connectivity index (χ0v) is 13.9. The van der Waals surface area contributed by atoms with Crippen LogP contribution in [0.25, 0.3) is 0 Å². The van der Waals surface area contributed by atoms with E-state index in [2.05, 4.69) is 11.6 Å². The second-order valence-corrected chi connectivity index (χ2v) is 8.33. The lowest BCUT2D eigenvalue weighted by atomic mass is 9.88. The van der Waals surface area contributed by atoms with Gasteiger partial charge in [-0.2, -0.15) is 17.4 Å². The van der Waals surface area contributed by atoms with Crippen molar-refractivity contribution in [2.24, 2.45) is 5.92 Å². The molecular weight excluding hydrogens is 298 g/mol. The number of piperidine rings is 1. The molecule has 1 heterocycles. The van der Waals surface area contributed by atoms with Crippen LogP contribution in [-0.4, -0.2) is 25.8 Å². The van der Waals surface area contributed by atoms with E-state index in [1.165, 1.54) is 5.56 Å². The molecule has 1 saturated heterocycles. The van der Waals surface area contributed by atoms with Crippen molar-refractivity contribution in [3.63, 3.8) is 0 Å². The summed E-state index contributed by atoms with van der Waals surface area (Å²) in [5, 5.41) is 0. The molecule has 2 unspecified atom stereocenters. The number of rotatable bonds is 3. The standard InChI is InChI=1S/C16H25N3O2S/c1-12-4-3-9-19(11-12)22(20,21)18-16-6-2-5-13-10-14(17)7-8-15(13)16/h7-8,10,12,16,18H,2-6,9,11,17H2,1H3. The molecule has 1 aliphatic carbocycles. The van der Waals surface area contributed by atoms with Crippen molar-refractivity contribution in [3.05, 3.63) is 29.3 Å². The highest BCUT2D eigenvalue weighted by molar-refractivity contribution is 7.87. The van der Waals surface area contributed by atoms with Crippen molar-refractivity contribution >= 4 is 15.9 Å². The van der Waals surface area contributed by atoms with E-state index in [-0.39, 0.29) is 6.04 Å². The molecule has 3 N–H and O–H groups in total. The average Bonchev–Trinajstić information content (AvgIpc) is 2.47. The Balaban J connectivity index is 1.79. The first kappa shape index (κ1) is 15.8. The Morgan fingerprint density at radius 2 is 2.09 bits per heavy atom. The number of benzene rings is 1. The predicted octanol–water partition coefficient (Wildman–Crippen LogP) is 2.21. The van der Waals surface area contributed by atoms with E-state index in [1.807, 2.05) is 18.2 Å². The third-order valence-corrected chi connectivity index (χ3v) is 6.33. The molecule has 122 valence electrons. The van der Waals surface area contributed by atoms with Gasteiger partial charge in [0.25, 0.3) is 10.2 Å². The summed E-state index contributed by atoms with van der Waals surface area (Å²) in [7, 11) is -3.42. The molecule has 0 spiro atoms. The maximum atomic E-state index is 12.7. The van der Waals surface area contributed by atoms with Crippen molar-refractivity contribution in [2.75, 3.05) is 18.8 Å². The molecule has 3 rings (SSSR count). The number of nitrogens with one attached hydrogen (secondary N) is 1. The average molecular weight is 323 g/mol. The lowest BCUT2D eigenvalue weighted by Gasteiger charge is -2.33. The maximum absolute atomic E-state index is 12.7. The minimum absolute atomic E-state index is 0.133. The molecule has 1 aliphatic heterocycles. The molecule has 22 heavy (non-hydrogen) atoms. The fourth-order valence-corrected chi connectivity index (χ4v) is 5.15. The van der Waals surface area contributed by atoms with Gasteiger partial charge in [0.15, 0.2) is 0 Å². The minimum atomic E-state index is -3.42. The van der Waals surface area contributed by atoms with Gasteiger partial charge in [-0.05, 0) is 61.3 Å². The summed E-state index contributed by atoms with van der Waals surface area (Å²) in [4.78, 5) is 0. The Kier molecular flexibility index (Phi) is 4.43. The van der Waals surface area contributed by atoms with Gasteiger partial charge in [-0.3, -0.25) is 0 Å². The van der Waals surface area contributed by atoms with Gasteiger partial charge >= 0.3 is 0 Å². The van der Waals surface area contributed by atoms with Crippen LogP contribution in [0.1, 0.15) is 49.8 Å². The summed E-state index contributed by atoms with van der Waals surface area (Å²) in [5.41, 5.74) is 8.83. The Morgan fingerprint density at radius 1 is 1.27 bits per heavy atom. The van der Waals surface area contributed by atoms with Gasteiger partial charge in [0.1, 0.15) is 0 Å². The molecule has 1 aromatic rings. The number of nitrogens with zero attached hydrogens (tertiary/aromatic N) is 1. The fourth-order valence-electron chi connectivity index (χ4n) is 3.58. The fraction of sp³-hybridized carbons (Fsp3) is 0.625. The molecule has 0 aromatic heterocycles. The van der Waals surface area contributed by atoms with Crippen molar-refractivity contribution in [2.45, 2.75) is 45.1 Å². The first-order valence-corrected chi connectivity index (χ1v) is 9.55. The number of aryl methyl sites for hydroxylation is 1. The molecule has 0 radical (unpaired) electrons. The van der Waals surface area contributed by atoms with E-state index in [0.29, 0.717) is 19.0 Å².